The normalized spacial score (nSPS) is 17.9. The van der Waals surface area contributed by atoms with E-state index >= 15 is 0 Å². The molecule has 1 saturated carbocycles. The van der Waals surface area contributed by atoms with E-state index in [2.05, 4.69) is 28.2 Å². The average Bonchev–Trinajstić information content (AvgIpc) is 2.19. The van der Waals surface area contributed by atoms with E-state index in [-0.39, 0.29) is 5.82 Å². The summed E-state index contributed by atoms with van der Waals surface area (Å²) in [5.74, 6) is -0.321. The van der Waals surface area contributed by atoms with Gasteiger partial charge in [-0.2, -0.15) is 0 Å². The molecular formula is C12H16BrFN2. The molecule has 0 amide bonds. The van der Waals surface area contributed by atoms with Gasteiger partial charge in [0.25, 0.3) is 0 Å². The van der Waals surface area contributed by atoms with Crippen molar-refractivity contribution in [2.75, 3.05) is 17.6 Å². The van der Waals surface area contributed by atoms with Crippen molar-refractivity contribution in [1.82, 2.24) is 0 Å². The quantitative estimate of drug-likeness (QED) is 0.830. The number of nitrogen functional groups attached to an aromatic ring is 1. The van der Waals surface area contributed by atoms with Gasteiger partial charge in [0, 0.05) is 12.6 Å². The Bertz CT molecular complexity index is 402. The maximum absolute atomic E-state index is 13.2. The van der Waals surface area contributed by atoms with Crippen LogP contribution in [0.4, 0.5) is 15.8 Å². The molecule has 0 aliphatic heterocycles. The maximum Gasteiger partial charge on any atom is 0.139 e. The van der Waals surface area contributed by atoms with Gasteiger partial charge in [0.05, 0.1) is 15.8 Å². The number of hydrogen-bond acceptors (Lipinski definition) is 2. The second-order valence-corrected chi connectivity index (χ2v) is 5.73. The first-order valence-electron chi connectivity index (χ1n) is 5.49. The molecule has 1 aromatic rings. The predicted molar refractivity (Wildman–Crippen MR) is 69.0 cm³/mol. The third kappa shape index (κ3) is 2.32. The lowest BCUT2D eigenvalue weighted by molar-refractivity contribution is 0.180. The van der Waals surface area contributed by atoms with E-state index in [0.29, 0.717) is 15.6 Å². The van der Waals surface area contributed by atoms with Gasteiger partial charge in [-0.05, 0) is 40.3 Å². The molecule has 0 heterocycles. The van der Waals surface area contributed by atoms with Crippen LogP contribution in [0.25, 0.3) is 0 Å². The third-order valence-electron chi connectivity index (χ3n) is 3.36. The molecule has 16 heavy (non-hydrogen) atoms. The molecule has 1 aromatic carbocycles. The summed E-state index contributed by atoms with van der Waals surface area (Å²) < 4.78 is 13.6. The fourth-order valence-electron chi connectivity index (χ4n) is 1.98. The number of halogens is 2. The highest BCUT2D eigenvalue weighted by atomic mass is 79.9. The van der Waals surface area contributed by atoms with Gasteiger partial charge in [-0.15, -0.1) is 0 Å². The van der Waals surface area contributed by atoms with Gasteiger partial charge in [-0.1, -0.05) is 13.3 Å². The molecule has 0 saturated heterocycles. The Morgan fingerprint density at radius 1 is 1.50 bits per heavy atom. The van der Waals surface area contributed by atoms with E-state index in [1.807, 2.05) is 0 Å². The fraction of sp³-hybridized carbons (Fsp3) is 0.500. The van der Waals surface area contributed by atoms with Crippen LogP contribution < -0.4 is 11.1 Å². The van der Waals surface area contributed by atoms with Crippen LogP contribution in [0.15, 0.2) is 16.6 Å². The zero-order chi connectivity index (χ0) is 11.8. The molecule has 2 rings (SSSR count). The van der Waals surface area contributed by atoms with E-state index in [0.717, 1.165) is 12.2 Å². The number of benzene rings is 1. The molecule has 0 atom stereocenters. The maximum atomic E-state index is 13.2. The topological polar surface area (TPSA) is 38.0 Å². The third-order valence-corrected chi connectivity index (χ3v) is 3.97. The zero-order valence-electron chi connectivity index (χ0n) is 9.32. The molecule has 1 aliphatic rings. The zero-order valence-corrected chi connectivity index (χ0v) is 10.9. The molecule has 88 valence electrons. The van der Waals surface area contributed by atoms with Crippen LogP contribution in [0.3, 0.4) is 0 Å². The molecule has 0 unspecified atom stereocenters. The number of anilines is 2. The Hall–Kier alpha value is -0.770. The Morgan fingerprint density at radius 3 is 2.75 bits per heavy atom. The summed E-state index contributed by atoms with van der Waals surface area (Å²) >= 11 is 3.16. The monoisotopic (exact) mass is 286 g/mol. The van der Waals surface area contributed by atoms with Gasteiger partial charge in [-0.25, -0.2) is 4.39 Å². The van der Waals surface area contributed by atoms with Crippen molar-refractivity contribution in [2.24, 2.45) is 5.41 Å². The van der Waals surface area contributed by atoms with Gasteiger partial charge < -0.3 is 11.1 Å². The molecule has 1 fully saturated rings. The van der Waals surface area contributed by atoms with Crippen molar-refractivity contribution in [1.29, 1.82) is 0 Å². The van der Waals surface area contributed by atoms with Crippen LogP contribution in [0, 0.1) is 11.2 Å². The summed E-state index contributed by atoms with van der Waals surface area (Å²) in [6, 6.07) is 3.04. The highest BCUT2D eigenvalue weighted by molar-refractivity contribution is 9.10. The van der Waals surface area contributed by atoms with Gasteiger partial charge in [0.2, 0.25) is 0 Å². The summed E-state index contributed by atoms with van der Waals surface area (Å²) in [6.07, 6.45) is 3.81. The molecule has 3 N–H and O–H groups in total. The summed E-state index contributed by atoms with van der Waals surface area (Å²) in [4.78, 5) is 0. The first-order valence-corrected chi connectivity index (χ1v) is 6.28. The summed E-state index contributed by atoms with van der Waals surface area (Å²) in [5.41, 5.74) is 7.41. The van der Waals surface area contributed by atoms with E-state index in [9.17, 15) is 4.39 Å². The number of nitrogens with one attached hydrogen (secondary N) is 1. The van der Waals surface area contributed by atoms with E-state index in [1.165, 1.54) is 25.3 Å². The standard InChI is InChI=1S/C12H16BrFN2/c1-12(3-2-4-12)7-16-11-5-8(13)9(14)6-10(11)15/h5-6,16H,2-4,7,15H2,1H3. The lowest BCUT2D eigenvalue weighted by Crippen LogP contribution is -2.33. The first kappa shape index (κ1) is 11.7. The van der Waals surface area contributed by atoms with Crippen molar-refractivity contribution < 1.29 is 4.39 Å². The van der Waals surface area contributed by atoms with E-state index < -0.39 is 0 Å². The average molecular weight is 287 g/mol. The van der Waals surface area contributed by atoms with Crippen LogP contribution in [-0.2, 0) is 0 Å². The minimum Gasteiger partial charge on any atom is -0.397 e. The van der Waals surface area contributed by atoms with Crippen LogP contribution >= 0.6 is 15.9 Å². The largest absolute Gasteiger partial charge is 0.397 e. The van der Waals surface area contributed by atoms with E-state index in [4.69, 9.17) is 5.73 Å². The van der Waals surface area contributed by atoms with Crippen LogP contribution in [0.2, 0.25) is 0 Å². The van der Waals surface area contributed by atoms with Crippen molar-refractivity contribution in [3.63, 3.8) is 0 Å². The number of rotatable bonds is 3. The van der Waals surface area contributed by atoms with Crippen molar-refractivity contribution in [3.8, 4) is 0 Å². The van der Waals surface area contributed by atoms with Crippen LogP contribution in [-0.4, -0.2) is 6.54 Å². The highest BCUT2D eigenvalue weighted by Crippen LogP contribution is 2.40. The molecule has 1 aliphatic carbocycles. The lowest BCUT2D eigenvalue weighted by atomic mass is 9.70. The van der Waals surface area contributed by atoms with Gasteiger partial charge in [-0.3, -0.25) is 0 Å². The molecule has 0 spiro atoms. The number of nitrogens with two attached hydrogens (primary N) is 1. The molecule has 2 nitrogen and oxygen atoms in total. The van der Waals surface area contributed by atoms with Crippen molar-refractivity contribution in [2.45, 2.75) is 26.2 Å². The molecule has 0 bridgehead atoms. The lowest BCUT2D eigenvalue weighted by Gasteiger charge is -2.38. The van der Waals surface area contributed by atoms with Crippen molar-refractivity contribution in [3.05, 3.63) is 22.4 Å². The number of hydrogen-bond donors (Lipinski definition) is 2. The predicted octanol–water partition coefficient (Wildman–Crippen LogP) is 3.77. The molecule has 0 aromatic heterocycles. The Kier molecular flexibility index (Phi) is 3.10. The summed E-state index contributed by atoms with van der Waals surface area (Å²) in [6.45, 7) is 3.16. The first-order chi connectivity index (χ1) is 7.50. The summed E-state index contributed by atoms with van der Waals surface area (Å²) in [7, 11) is 0. The molecular weight excluding hydrogens is 271 g/mol. The second-order valence-electron chi connectivity index (χ2n) is 4.87. The molecule has 4 heteroatoms. The second kappa shape index (κ2) is 4.24. The Morgan fingerprint density at radius 2 is 2.19 bits per heavy atom. The van der Waals surface area contributed by atoms with E-state index in [1.54, 1.807) is 6.07 Å². The minimum absolute atomic E-state index is 0.321. The fourth-order valence-corrected chi connectivity index (χ4v) is 2.32. The van der Waals surface area contributed by atoms with Crippen LogP contribution in [0.1, 0.15) is 26.2 Å². The SMILES string of the molecule is CC1(CNc2cc(Br)c(F)cc2N)CCC1. The van der Waals surface area contributed by atoms with Gasteiger partial charge in [0.1, 0.15) is 5.82 Å². The Labute approximate surface area is 104 Å². The molecule has 0 radical (unpaired) electrons. The van der Waals surface area contributed by atoms with Crippen LogP contribution in [0.5, 0.6) is 0 Å². The smallest absolute Gasteiger partial charge is 0.139 e. The Balaban J connectivity index is 2.06. The van der Waals surface area contributed by atoms with Gasteiger partial charge >= 0.3 is 0 Å². The van der Waals surface area contributed by atoms with Crippen molar-refractivity contribution >= 4 is 27.3 Å². The minimum atomic E-state index is -0.321. The van der Waals surface area contributed by atoms with Gasteiger partial charge in [0.15, 0.2) is 0 Å². The summed E-state index contributed by atoms with van der Waals surface area (Å²) in [5, 5.41) is 3.30. The highest BCUT2D eigenvalue weighted by Gasteiger charge is 2.31.